The molecule has 0 fully saturated rings. The average molecular weight is 380 g/mol. The summed E-state index contributed by atoms with van der Waals surface area (Å²) < 4.78 is 0. The summed E-state index contributed by atoms with van der Waals surface area (Å²) in [6.07, 6.45) is 6.06. The molecule has 27 heavy (non-hydrogen) atoms. The quantitative estimate of drug-likeness (QED) is 0.657. The van der Waals surface area contributed by atoms with Crippen LogP contribution in [0.2, 0.25) is 0 Å². The minimum Gasteiger partial charge on any atom is -0.349 e. The van der Waals surface area contributed by atoms with E-state index in [1.807, 2.05) is 25.1 Å². The Labute approximate surface area is 161 Å². The third-order valence-corrected chi connectivity index (χ3v) is 4.91. The molecular formula is C20H20N4O2S. The van der Waals surface area contributed by atoms with Crippen LogP contribution in [0.3, 0.4) is 0 Å². The lowest BCUT2D eigenvalue weighted by Crippen LogP contribution is -2.33. The molecule has 2 heterocycles. The van der Waals surface area contributed by atoms with Crippen molar-refractivity contribution in [3.05, 3.63) is 76.5 Å². The molecule has 0 spiro atoms. The number of aromatic nitrogens is 2. The van der Waals surface area contributed by atoms with Gasteiger partial charge >= 0.3 is 0 Å². The maximum atomic E-state index is 12.6. The van der Waals surface area contributed by atoms with Crippen LogP contribution in [0.5, 0.6) is 0 Å². The Hall–Kier alpha value is -3.06. The standard InChI is InChI=1S/C20H20N4O2S/c1-14(7-8-15-5-3-2-4-6-15)23-20(26)18-16(9-12-27-18)24-19(25)17-13-21-10-11-22-17/h2-6,9-14H,7-8H2,1H3,(H,23,26)(H,24,25). The van der Waals surface area contributed by atoms with Gasteiger partial charge in [0, 0.05) is 18.4 Å². The summed E-state index contributed by atoms with van der Waals surface area (Å²) in [5, 5.41) is 7.50. The van der Waals surface area contributed by atoms with E-state index in [9.17, 15) is 9.59 Å². The Morgan fingerprint density at radius 2 is 1.93 bits per heavy atom. The Morgan fingerprint density at radius 3 is 2.67 bits per heavy atom. The van der Waals surface area contributed by atoms with Gasteiger partial charge in [0.2, 0.25) is 0 Å². The van der Waals surface area contributed by atoms with E-state index in [4.69, 9.17) is 0 Å². The largest absolute Gasteiger partial charge is 0.349 e. The lowest BCUT2D eigenvalue weighted by molar-refractivity contribution is 0.0943. The normalized spacial score (nSPS) is 11.6. The Kier molecular flexibility index (Phi) is 6.27. The van der Waals surface area contributed by atoms with Gasteiger partial charge in [0.25, 0.3) is 11.8 Å². The van der Waals surface area contributed by atoms with Gasteiger partial charge in [-0.2, -0.15) is 0 Å². The highest BCUT2D eigenvalue weighted by molar-refractivity contribution is 7.12. The molecule has 1 aromatic carbocycles. The Balaban J connectivity index is 1.57. The molecule has 2 amide bonds. The number of anilines is 1. The zero-order valence-electron chi connectivity index (χ0n) is 14.9. The molecular weight excluding hydrogens is 360 g/mol. The summed E-state index contributed by atoms with van der Waals surface area (Å²) >= 11 is 1.29. The summed E-state index contributed by atoms with van der Waals surface area (Å²) in [5.74, 6) is -0.590. The molecule has 0 radical (unpaired) electrons. The van der Waals surface area contributed by atoms with Gasteiger partial charge < -0.3 is 10.6 Å². The van der Waals surface area contributed by atoms with Crippen molar-refractivity contribution in [1.82, 2.24) is 15.3 Å². The van der Waals surface area contributed by atoms with E-state index < -0.39 is 5.91 Å². The van der Waals surface area contributed by atoms with Crippen molar-refractivity contribution < 1.29 is 9.59 Å². The zero-order chi connectivity index (χ0) is 19.1. The SMILES string of the molecule is CC(CCc1ccccc1)NC(=O)c1sccc1NC(=O)c1cnccn1. The summed E-state index contributed by atoms with van der Waals surface area (Å²) in [6.45, 7) is 1.98. The molecule has 2 N–H and O–H groups in total. The maximum Gasteiger partial charge on any atom is 0.275 e. The second-order valence-electron chi connectivity index (χ2n) is 6.11. The third-order valence-electron chi connectivity index (χ3n) is 4.00. The monoisotopic (exact) mass is 380 g/mol. The highest BCUT2D eigenvalue weighted by Crippen LogP contribution is 2.23. The number of benzene rings is 1. The molecule has 1 unspecified atom stereocenters. The van der Waals surface area contributed by atoms with Crippen molar-refractivity contribution in [3.8, 4) is 0 Å². The van der Waals surface area contributed by atoms with Crippen molar-refractivity contribution in [1.29, 1.82) is 0 Å². The topological polar surface area (TPSA) is 84.0 Å². The summed E-state index contributed by atoms with van der Waals surface area (Å²) in [4.78, 5) is 33.1. The number of hydrogen-bond donors (Lipinski definition) is 2. The fourth-order valence-corrected chi connectivity index (χ4v) is 3.33. The van der Waals surface area contributed by atoms with Crippen molar-refractivity contribution >= 4 is 28.8 Å². The van der Waals surface area contributed by atoms with Crippen LogP contribution in [0, 0.1) is 0 Å². The van der Waals surface area contributed by atoms with E-state index >= 15 is 0 Å². The van der Waals surface area contributed by atoms with Gasteiger partial charge in [0.15, 0.2) is 0 Å². The summed E-state index contributed by atoms with van der Waals surface area (Å²) in [5.41, 5.74) is 1.92. The van der Waals surface area contributed by atoms with Crippen LogP contribution >= 0.6 is 11.3 Å². The number of nitrogens with zero attached hydrogens (tertiary/aromatic N) is 2. The van der Waals surface area contributed by atoms with Crippen LogP contribution in [0.15, 0.2) is 60.4 Å². The van der Waals surface area contributed by atoms with Gasteiger partial charge in [-0.05, 0) is 36.8 Å². The first-order valence-electron chi connectivity index (χ1n) is 8.63. The number of aryl methyl sites for hydroxylation is 1. The maximum absolute atomic E-state index is 12.6. The smallest absolute Gasteiger partial charge is 0.275 e. The van der Waals surface area contributed by atoms with E-state index in [0.717, 1.165) is 12.8 Å². The molecule has 7 heteroatoms. The molecule has 3 rings (SSSR count). The van der Waals surface area contributed by atoms with Gasteiger partial charge in [-0.25, -0.2) is 4.98 Å². The van der Waals surface area contributed by atoms with E-state index in [2.05, 4.69) is 32.7 Å². The van der Waals surface area contributed by atoms with Gasteiger partial charge in [-0.3, -0.25) is 14.6 Å². The zero-order valence-corrected chi connectivity index (χ0v) is 15.7. The molecule has 0 saturated heterocycles. The predicted octanol–water partition coefficient (Wildman–Crippen LogP) is 3.54. The van der Waals surface area contributed by atoms with Gasteiger partial charge in [-0.15, -0.1) is 11.3 Å². The molecule has 0 aliphatic heterocycles. The molecule has 6 nitrogen and oxygen atoms in total. The predicted molar refractivity (Wildman–Crippen MR) is 106 cm³/mol. The molecule has 1 atom stereocenters. The van der Waals surface area contributed by atoms with E-state index in [1.165, 1.54) is 35.5 Å². The van der Waals surface area contributed by atoms with Crippen LogP contribution < -0.4 is 10.6 Å². The van der Waals surface area contributed by atoms with Crippen LogP contribution in [0.1, 0.15) is 39.1 Å². The number of thiophene rings is 1. The van der Waals surface area contributed by atoms with Crippen molar-refractivity contribution in [2.75, 3.05) is 5.32 Å². The highest BCUT2D eigenvalue weighted by atomic mass is 32.1. The van der Waals surface area contributed by atoms with E-state index in [0.29, 0.717) is 10.6 Å². The third kappa shape index (κ3) is 5.21. The Morgan fingerprint density at radius 1 is 1.11 bits per heavy atom. The minimum absolute atomic E-state index is 0.0170. The first kappa shape index (κ1) is 18.7. The van der Waals surface area contributed by atoms with Crippen molar-refractivity contribution in [2.45, 2.75) is 25.8 Å². The second-order valence-corrected chi connectivity index (χ2v) is 7.02. The lowest BCUT2D eigenvalue weighted by atomic mass is 10.1. The molecule has 0 aliphatic carbocycles. The Bertz CT molecular complexity index is 897. The fourth-order valence-electron chi connectivity index (χ4n) is 2.58. The number of rotatable bonds is 7. The summed E-state index contributed by atoms with van der Waals surface area (Å²) in [7, 11) is 0. The van der Waals surface area contributed by atoms with Crippen LogP contribution in [-0.2, 0) is 6.42 Å². The van der Waals surface area contributed by atoms with Crippen LogP contribution in [0.25, 0.3) is 0 Å². The number of carbonyl (C=O) groups excluding carboxylic acids is 2. The average Bonchev–Trinajstić information content (AvgIpc) is 3.16. The minimum atomic E-state index is -0.396. The van der Waals surface area contributed by atoms with Crippen molar-refractivity contribution in [2.24, 2.45) is 0 Å². The number of hydrogen-bond acceptors (Lipinski definition) is 5. The van der Waals surface area contributed by atoms with Gasteiger partial charge in [0.05, 0.1) is 11.9 Å². The fraction of sp³-hybridized carbons (Fsp3) is 0.200. The molecule has 0 saturated carbocycles. The molecule has 2 aromatic heterocycles. The van der Waals surface area contributed by atoms with Crippen LogP contribution in [0.4, 0.5) is 5.69 Å². The second kappa shape index (κ2) is 9.05. The number of amides is 2. The lowest BCUT2D eigenvalue weighted by Gasteiger charge is -2.14. The van der Waals surface area contributed by atoms with Crippen LogP contribution in [-0.4, -0.2) is 27.8 Å². The molecule has 0 bridgehead atoms. The van der Waals surface area contributed by atoms with E-state index in [1.54, 1.807) is 11.4 Å². The first-order valence-corrected chi connectivity index (χ1v) is 9.51. The van der Waals surface area contributed by atoms with Crippen molar-refractivity contribution in [3.63, 3.8) is 0 Å². The first-order chi connectivity index (χ1) is 13.1. The highest BCUT2D eigenvalue weighted by Gasteiger charge is 2.18. The van der Waals surface area contributed by atoms with E-state index in [-0.39, 0.29) is 17.6 Å². The number of nitrogens with one attached hydrogen (secondary N) is 2. The number of carbonyl (C=O) groups is 2. The van der Waals surface area contributed by atoms with Gasteiger partial charge in [0.1, 0.15) is 10.6 Å². The van der Waals surface area contributed by atoms with Gasteiger partial charge in [-0.1, -0.05) is 30.3 Å². The summed E-state index contributed by atoms with van der Waals surface area (Å²) in [6, 6.07) is 11.9. The molecule has 3 aromatic rings. The molecule has 0 aliphatic rings. The molecule has 138 valence electrons.